The van der Waals surface area contributed by atoms with Gasteiger partial charge in [-0.15, -0.1) is 0 Å². The molecule has 1 aliphatic heterocycles. The predicted molar refractivity (Wildman–Crippen MR) is 94.7 cm³/mol. The van der Waals surface area contributed by atoms with Crippen molar-refractivity contribution in [1.82, 2.24) is 9.80 Å². The molecule has 3 rings (SSSR count). The standard InChI is InChI=1S/C20H26F2N2O2/c21-17-8-7-16(14-18(17)22)20(26)24-12-10-23(11-13-24)19(25)9-6-15-4-2-1-3-5-15/h7-8,14-15H,1-6,9-13H2. The molecule has 1 aromatic carbocycles. The van der Waals surface area contributed by atoms with Gasteiger partial charge < -0.3 is 9.80 Å². The Bertz CT molecular complexity index is 651. The number of benzene rings is 1. The molecule has 1 aliphatic carbocycles. The zero-order valence-corrected chi connectivity index (χ0v) is 15.1. The molecule has 0 radical (unpaired) electrons. The smallest absolute Gasteiger partial charge is 0.254 e. The first-order valence-corrected chi connectivity index (χ1v) is 9.56. The van der Waals surface area contributed by atoms with Gasteiger partial charge in [-0.2, -0.15) is 0 Å². The summed E-state index contributed by atoms with van der Waals surface area (Å²) in [5.74, 6) is -1.46. The van der Waals surface area contributed by atoms with E-state index >= 15 is 0 Å². The topological polar surface area (TPSA) is 40.6 Å². The third kappa shape index (κ3) is 4.59. The van der Waals surface area contributed by atoms with Gasteiger partial charge in [0.1, 0.15) is 0 Å². The van der Waals surface area contributed by atoms with Crippen LogP contribution in [0.3, 0.4) is 0 Å². The average Bonchev–Trinajstić information content (AvgIpc) is 2.68. The monoisotopic (exact) mass is 364 g/mol. The molecule has 0 N–H and O–H groups in total. The fourth-order valence-electron chi connectivity index (χ4n) is 3.93. The Morgan fingerprint density at radius 3 is 2.23 bits per heavy atom. The maximum absolute atomic E-state index is 13.3. The van der Waals surface area contributed by atoms with Crippen molar-refractivity contribution in [2.45, 2.75) is 44.9 Å². The maximum atomic E-state index is 13.3. The van der Waals surface area contributed by atoms with Crippen LogP contribution in [0.25, 0.3) is 0 Å². The molecule has 4 nitrogen and oxygen atoms in total. The molecule has 2 aliphatic rings. The number of hydrogen-bond acceptors (Lipinski definition) is 2. The van der Waals surface area contributed by atoms with Crippen molar-refractivity contribution < 1.29 is 18.4 Å². The first-order chi connectivity index (χ1) is 12.5. The van der Waals surface area contributed by atoms with Gasteiger partial charge >= 0.3 is 0 Å². The second-order valence-corrected chi connectivity index (χ2v) is 7.34. The van der Waals surface area contributed by atoms with E-state index in [9.17, 15) is 18.4 Å². The maximum Gasteiger partial charge on any atom is 0.254 e. The Labute approximate surface area is 153 Å². The van der Waals surface area contributed by atoms with Crippen LogP contribution < -0.4 is 0 Å². The highest BCUT2D eigenvalue weighted by Gasteiger charge is 2.26. The average molecular weight is 364 g/mol. The summed E-state index contributed by atoms with van der Waals surface area (Å²) in [5.41, 5.74) is 0.140. The van der Waals surface area contributed by atoms with Crippen LogP contribution in [0.1, 0.15) is 55.3 Å². The third-order valence-corrected chi connectivity index (χ3v) is 5.58. The van der Waals surface area contributed by atoms with Crippen molar-refractivity contribution in [2.24, 2.45) is 5.92 Å². The Morgan fingerprint density at radius 2 is 1.58 bits per heavy atom. The fraction of sp³-hybridized carbons (Fsp3) is 0.600. The minimum Gasteiger partial charge on any atom is -0.339 e. The summed E-state index contributed by atoms with van der Waals surface area (Å²) in [6.07, 6.45) is 7.91. The number of hydrogen-bond donors (Lipinski definition) is 0. The molecule has 6 heteroatoms. The number of halogens is 2. The summed E-state index contributed by atoms with van der Waals surface area (Å²) in [6.45, 7) is 1.85. The van der Waals surface area contributed by atoms with E-state index in [4.69, 9.17) is 0 Å². The van der Waals surface area contributed by atoms with E-state index in [-0.39, 0.29) is 17.4 Å². The van der Waals surface area contributed by atoms with Crippen LogP contribution in [0.5, 0.6) is 0 Å². The molecule has 1 saturated heterocycles. The summed E-state index contributed by atoms with van der Waals surface area (Å²) < 4.78 is 26.3. The Hall–Kier alpha value is -1.98. The molecule has 2 fully saturated rings. The van der Waals surface area contributed by atoms with Gasteiger partial charge in [-0.25, -0.2) is 8.78 Å². The quantitative estimate of drug-likeness (QED) is 0.819. The molecule has 0 atom stereocenters. The molecule has 0 bridgehead atoms. The predicted octanol–water partition coefficient (Wildman–Crippen LogP) is 3.61. The van der Waals surface area contributed by atoms with Crippen molar-refractivity contribution >= 4 is 11.8 Å². The number of carbonyl (C=O) groups excluding carboxylic acids is 2. The molecule has 1 aromatic rings. The third-order valence-electron chi connectivity index (χ3n) is 5.58. The number of rotatable bonds is 4. The molecule has 26 heavy (non-hydrogen) atoms. The van der Waals surface area contributed by atoms with Gasteiger partial charge in [-0.05, 0) is 30.5 Å². The molecular formula is C20H26F2N2O2. The minimum atomic E-state index is -1.02. The minimum absolute atomic E-state index is 0.140. The molecular weight excluding hydrogens is 338 g/mol. The highest BCUT2D eigenvalue weighted by atomic mass is 19.2. The molecule has 0 spiro atoms. The Morgan fingerprint density at radius 1 is 0.923 bits per heavy atom. The van der Waals surface area contributed by atoms with Gasteiger partial charge in [-0.1, -0.05) is 32.1 Å². The summed E-state index contributed by atoms with van der Waals surface area (Å²) in [5, 5.41) is 0. The lowest BCUT2D eigenvalue weighted by molar-refractivity contribution is -0.133. The van der Waals surface area contributed by atoms with Gasteiger partial charge in [-0.3, -0.25) is 9.59 Å². The Balaban J connectivity index is 1.46. The lowest BCUT2D eigenvalue weighted by atomic mass is 9.86. The van der Waals surface area contributed by atoms with Crippen molar-refractivity contribution in [3.63, 3.8) is 0 Å². The van der Waals surface area contributed by atoms with Crippen molar-refractivity contribution in [3.8, 4) is 0 Å². The fourth-order valence-corrected chi connectivity index (χ4v) is 3.93. The van der Waals surface area contributed by atoms with Crippen LogP contribution in [0.2, 0.25) is 0 Å². The number of carbonyl (C=O) groups is 2. The zero-order valence-electron chi connectivity index (χ0n) is 15.1. The van der Waals surface area contributed by atoms with E-state index in [0.717, 1.165) is 18.6 Å². The largest absolute Gasteiger partial charge is 0.339 e. The van der Waals surface area contributed by atoms with Gasteiger partial charge in [0, 0.05) is 38.2 Å². The first-order valence-electron chi connectivity index (χ1n) is 9.56. The van der Waals surface area contributed by atoms with Gasteiger partial charge in [0.25, 0.3) is 5.91 Å². The second-order valence-electron chi connectivity index (χ2n) is 7.34. The first kappa shape index (κ1) is 18.8. The highest BCUT2D eigenvalue weighted by molar-refractivity contribution is 5.94. The molecule has 1 saturated carbocycles. The van der Waals surface area contributed by atoms with Gasteiger partial charge in [0.15, 0.2) is 11.6 Å². The summed E-state index contributed by atoms with van der Waals surface area (Å²) in [7, 11) is 0. The van der Waals surface area contributed by atoms with E-state index in [0.29, 0.717) is 38.5 Å². The van der Waals surface area contributed by atoms with Gasteiger partial charge in [0.05, 0.1) is 0 Å². The second kappa shape index (κ2) is 8.60. The van der Waals surface area contributed by atoms with E-state index in [1.807, 2.05) is 4.90 Å². The van der Waals surface area contributed by atoms with Crippen LogP contribution in [-0.4, -0.2) is 47.8 Å². The van der Waals surface area contributed by atoms with Crippen molar-refractivity contribution in [2.75, 3.05) is 26.2 Å². The normalized spacial score (nSPS) is 18.8. The van der Waals surface area contributed by atoms with Crippen molar-refractivity contribution in [1.29, 1.82) is 0 Å². The van der Waals surface area contributed by atoms with Crippen LogP contribution in [0.4, 0.5) is 8.78 Å². The van der Waals surface area contributed by atoms with E-state index in [1.165, 1.54) is 38.2 Å². The molecule has 2 amide bonds. The lowest BCUT2D eigenvalue weighted by Crippen LogP contribution is -2.50. The van der Waals surface area contributed by atoms with Crippen LogP contribution in [0.15, 0.2) is 18.2 Å². The number of amides is 2. The Kier molecular flexibility index (Phi) is 6.22. The summed E-state index contributed by atoms with van der Waals surface area (Å²) >= 11 is 0. The van der Waals surface area contributed by atoms with E-state index in [2.05, 4.69) is 0 Å². The molecule has 0 unspecified atom stereocenters. The van der Waals surface area contributed by atoms with Gasteiger partial charge in [0.2, 0.25) is 5.91 Å². The van der Waals surface area contributed by atoms with E-state index in [1.54, 1.807) is 4.90 Å². The molecule has 142 valence electrons. The van der Waals surface area contributed by atoms with Crippen LogP contribution >= 0.6 is 0 Å². The number of piperazine rings is 1. The summed E-state index contributed by atoms with van der Waals surface area (Å²) in [4.78, 5) is 28.2. The molecule has 0 aromatic heterocycles. The SMILES string of the molecule is O=C(CCC1CCCCC1)N1CCN(C(=O)c2ccc(F)c(F)c2)CC1. The zero-order chi connectivity index (χ0) is 18.5. The molecule has 1 heterocycles. The van der Waals surface area contributed by atoms with Crippen molar-refractivity contribution in [3.05, 3.63) is 35.4 Å². The summed E-state index contributed by atoms with van der Waals surface area (Å²) in [6, 6.07) is 3.19. The van der Waals surface area contributed by atoms with Crippen LogP contribution in [-0.2, 0) is 4.79 Å². The van der Waals surface area contributed by atoms with Crippen LogP contribution in [0, 0.1) is 17.6 Å². The van der Waals surface area contributed by atoms with E-state index < -0.39 is 11.6 Å². The number of nitrogens with zero attached hydrogens (tertiary/aromatic N) is 2. The lowest BCUT2D eigenvalue weighted by Gasteiger charge is -2.35. The highest BCUT2D eigenvalue weighted by Crippen LogP contribution is 2.27.